The Kier molecular flexibility index (Phi) is 6.21. The van der Waals surface area contributed by atoms with Crippen LogP contribution in [0.5, 0.6) is 0 Å². The zero-order valence-electron chi connectivity index (χ0n) is 15.5. The van der Waals surface area contributed by atoms with Crippen LogP contribution in [0.1, 0.15) is 29.8 Å². The third-order valence-corrected chi connectivity index (χ3v) is 5.90. The number of carbonyl (C=O) groups excluding carboxylic acids is 1. The molecule has 6 heteroatoms. The molecular weight excluding hydrogens is 348 g/mol. The van der Waals surface area contributed by atoms with Crippen molar-refractivity contribution in [3.63, 3.8) is 0 Å². The number of hydrogen-bond acceptors (Lipinski definition) is 4. The fourth-order valence-electron chi connectivity index (χ4n) is 2.72. The molecule has 0 aliphatic carbocycles. The number of amides is 1. The van der Waals surface area contributed by atoms with Crippen molar-refractivity contribution in [1.29, 1.82) is 0 Å². The molecule has 0 saturated heterocycles. The van der Waals surface area contributed by atoms with Crippen molar-refractivity contribution in [2.45, 2.75) is 24.5 Å². The molecule has 0 aromatic heterocycles. The van der Waals surface area contributed by atoms with Crippen LogP contribution in [-0.2, 0) is 15.6 Å². The number of sulfone groups is 1. The lowest BCUT2D eigenvalue weighted by atomic mass is 9.93. The van der Waals surface area contributed by atoms with E-state index in [1.807, 2.05) is 13.8 Å². The maximum atomic E-state index is 12.7. The first-order chi connectivity index (χ1) is 12.1. The Morgan fingerprint density at radius 2 is 1.73 bits per heavy atom. The van der Waals surface area contributed by atoms with Gasteiger partial charge in [0.2, 0.25) is 0 Å². The van der Waals surface area contributed by atoms with E-state index in [1.54, 1.807) is 66.5 Å². The van der Waals surface area contributed by atoms with Crippen molar-refractivity contribution in [1.82, 2.24) is 4.90 Å². The van der Waals surface area contributed by atoms with E-state index in [4.69, 9.17) is 5.73 Å². The monoisotopic (exact) mass is 374 g/mol. The van der Waals surface area contributed by atoms with Gasteiger partial charge in [0.15, 0.2) is 9.84 Å². The largest absolute Gasteiger partial charge is 0.341 e. The molecule has 5 nitrogen and oxygen atoms in total. The number of rotatable bonds is 7. The van der Waals surface area contributed by atoms with E-state index >= 15 is 0 Å². The van der Waals surface area contributed by atoms with Gasteiger partial charge in [0.05, 0.1) is 10.6 Å². The minimum atomic E-state index is -3.45. The molecule has 0 atom stereocenters. The second-order valence-corrected chi connectivity index (χ2v) is 9.29. The van der Waals surface area contributed by atoms with Gasteiger partial charge in [-0.3, -0.25) is 4.79 Å². The summed E-state index contributed by atoms with van der Waals surface area (Å²) in [6, 6.07) is 15.1. The van der Waals surface area contributed by atoms with Gasteiger partial charge < -0.3 is 10.6 Å². The molecule has 2 aromatic carbocycles. The highest BCUT2D eigenvalue weighted by Gasteiger charge is 2.22. The van der Waals surface area contributed by atoms with Crippen LogP contribution in [0.3, 0.4) is 0 Å². The average molecular weight is 375 g/mol. The van der Waals surface area contributed by atoms with Crippen LogP contribution in [0.2, 0.25) is 0 Å². The van der Waals surface area contributed by atoms with Crippen LogP contribution in [0.25, 0.3) is 0 Å². The second-order valence-electron chi connectivity index (χ2n) is 7.30. The molecule has 1 amide bonds. The first-order valence-electron chi connectivity index (χ1n) is 8.47. The Balaban J connectivity index is 2.19. The Hall–Kier alpha value is -2.18. The fourth-order valence-corrected chi connectivity index (χ4v) is 4.08. The number of carbonyl (C=O) groups is 1. The summed E-state index contributed by atoms with van der Waals surface area (Å²) in [5.74, 6) is -0.290. The summed E-state index contributed by atoms with van der Waals surface area (Å²) < 4.78 is 25.1. The van der Waals surface area contributed by atoms with Crippen LogP contribution in [-0.4, -0.2) is 39.4 Å². The van der Waals surface area contributed by atoms with Gasteiger partial charge in [0, 0.05) is 19.2 Å². The highest BCUT2D eigenvalue weighted by molar-refractivity contribution is 7.90. The molecule has 0 radical (unpaired) electrons. The molecule has 0 bridgehead atoms. The highest BCUT2D eigenvalue weighted by Crippen LogP contribution is 2.19. The summed E-state index contributed by atoms with van der Waals surface area (Å²) in [5.41, 5.74) is 6.62. The van der Waals surface area contributed by atoms with Gasteiger partial charge in [0.25, 0.3) is 5.91 Å². The van der Waals surface area contributed by atoms with Crippen molar-refractivity contribution in [2.75, 3.05) is 20.1 Å². The van der Waals surface area contributed by atoms with Crippen molar-refractivity contribution in [3.8, 4) is 0 Å². The molecule has 0 heterocycles. The van der Waals surface area contributed by atoms with E-state index in [2.05, 4.69) is 0 Å². The summed E-state index contributed by atoms with van der Waals surface area (Å²) in [7, 11) is -1.72. The molecule has 2 N–H and O–H groups in total. The number of benzene rings is 2. The van der Waals surface area contributed by atoms with Crippen LogP contribution in [0.15, 0.2) is 59.5 Å². The van der Waals surface area contributed by atoms with Gasteiger partial charge in [-0.2, -0.15) is 0 Å². The molecule has 26 heavy (non-hydrogen) atoms. The topological polar surface area (TPSA) is 80.5 Å². The minimum absolute atomic E-state index is 0.143. The SMILES string of the molecule is CN(CC(C)(C)CN)C(=O)c1cccc(CS(=O)(=O)c2ccccc2)c1. The van der Waals surface area contributed by atoms with Gasteiger partial charge >= 0.3 is 0 Å². The lowest BCUT2D eigenvalue weighted by molar-refractivity contribution is 0.0740. The average Bonchev–Trinajstić information content (AvgIpc) is 2.61. The van der Waals surface area contributed by atoms with Crippen molar-refractivity contribution in [3.05, 3.63) is 65.7 Å². The standard InChI is InChI=1S/C20H26N2O3S/c1-20(2,14-21)15-22(3)19(23)17-9-7-8-16(12-17)13-26(24,25)18-10-5-4-6-11-18/h4-12H,13-15,21H2,1-3H3. The summed E-state index contributed by atoms with van der Waals surface area (Å²) in [6.07, 6.45) is 0. The van der Waals surface area contributed by atoms with Crippen molar-refractivity contribution < 1.29 is 13.2 Å². The molecule has 0 aliphatic heterocycles. The lowest BCUT2D eigenvalue weighted by Gasteiger charge is -2.29. The maximum absolute atomic E-state index is 12.7. The van der Waals surface area contributed by atoms with E-state index in [9.17, 15) is 13.2 Å². The molecule has 0 spiro atoms. The molecule has 0 aliphatic rings. The minimum Gasteiger partial charge on any atom is -0.341 e. The maximum Gasteiger partial charge on any atom is 0.253 e. The number of nitrogens with zero attached hydrogens (tertiary/aromatic N) is 1. The summed E-state index contributed by atoms with van der Waals surface area (Å²) >= 11 is 0. The van der Waals surface area contributed by atoms with Gasteiger partial charge in [-0.15, -0.1) is 0 Å². The van der Waals surface area contributed by atoms with Gasteiger partial charge in [-0.1, -0.05) is 44.2 Å². The number of nitrogens with two attached hydrogens (primary N) is 1. The first kappa shape index (κ1) is 20.1. The Morgan fingerprint density at radius 3 is 2.35 bits per heavy atom. The lowest BCUT2D eigenvalue weighted by Crippen LogP contribution is -2.39. The summed E-state index contributed by atoms with van der Waals surface area (Å²) in [6.45, 7) is 4.99. The van der Waals surface area contributed by atoms with E-state index in [1.165, 1.54) is 0 Å². The van der Waals surface area contributed by atoms with E-state index in [0.717, 1.165) is 0 Å². The fraction of sp³-hybridized carbons (Fsp3) is 0.350. The Bertz CT molecular complexity index is 862. The zero-order chi connectivity index (χ0) is 19.4. The van der Waals surface area contributed by atoms with E-state index in [0.29, 0.717) is 24.2 Å². The first-order valence-corrected chi connectivity index (χ1v) is 10.1. The summed E-state index contributed by atoms with van der Waals surface area (Å²) in [5, 5.41) is 0. The molecule has 2 rings (SSSR count). The summed E-state index contributed by atoms with van der Waals surface area (Å²) in [4.78, 5) is 14.6. The molecule has 0 saturated carbocycles. The third kappa shape index (κ3) is 5.16. The van der Waals surface area contributed by atoms with E-state index in [-0.39, 0.29) is 22.0 Å². The quantitative estimate of drug-likeness (QED) is 0.808. The highest BCUT2D eigenvalue weighted by atomic mass is 32.2. The van der Waals surface area contributed by atoms with Gasteiger partial charge in [-0.05, 0) is 41.8 Å². The molecule has 0 unspecified atom stereocenters. The third-order valence-electron chi connectivity index (χ3n) is 4.20. The number of hydrogen-bond donors (Lipinski definition) is 1. The van der Waals surface area contributed by atoms with Crippen LogP contribution >= 0.6 is 0 Å². The van der Waals surface area contributed by atoms with Crippen LogP contribution in [0.4, 0.5) is 0 Å². The van der Waals surface area contributed by atoms with Crippen molar-refractivity contribution in [2.24, 2.45) is 11.1 Å². The van der Waals surface area contributed by atoms with Crippen LogP contribution < -0.4 is 5.73 Å². The van der Waals surface area contributed by atoms with Gasteiger partial charge in [-0.25, -0.2) is 8.42 Å². The molecule has 0 fully saturated rings. The predicted molar refractivity (Wildman–Crippen MR) is 104 cm³/mol. The molecule has 140 valence electrons. The smallest absolute Gasteiger partial charge is 0.253 e. The second kappa shape index (κ2) is 8.01. The van der Waals surface area contributed by atoms with E-state index < -0.39 is 9.84 Å². The molecule has 2 aromatic rings. The normalized spacial score (nSPS) is 12.0. The molecular formula is C20H26N2O3S. The predicted octanol–water partition coefficient (Wildman–Crippen LogP) is 2.72. The Morgan fingerprint density at radius 1 is 1.08 bits per heavy atom. The van der Waals surface area contributed by atoms with Crippen molar-refractivity contribution >= 4 is 15.7 Å². The Labute approximate surface area is 155 Å². The zero-order valence-corrected chi connectivity index (χ0v) is 16.3. The van der Waals surface area contributed by atoms with Crippen LogP contribution in [0, 0.1) is 5.41 Å². The van der Waals surface area contributed by atoms with Gasteiger partial charge in [0.1, 0.15) is 0 Å².